The molecule has 1 aliphatic rings. The molecule has 0 unspecified atom stereocenters. The Bertz CT molecular complexity index is 1020. The van der Waals surface area contributed by atoms with Gasteiger partial charge in [0.25, 0.3) is 0 Å². The number of halogens is 3. The third-order valence-corrected chi connectivity index (χ3v) is 5.39. The second kappa shape index (κ2) is 7.78. The summed E-state index contributed by atoms with van der Waals surface area (Å²) in [5.41, 5.74) is 0.888. The van der Waals surface area contributed by atoms with E-state index in [-0.39, 0.29) is 5.91 Å². The van der Waals surface area contributed by atoms with Crippen LogP contribution in [-0.4, -0.2) is 37.0 Å². The Morgan fingerprint density at radius 2 is 1.55 bits per heavy atom. The van der Waals surface area contributed by atoms with E-state index < -0.39 is 11.7 Å². The summed E-state index contributed by atoms with van der Waals surface area (Å²) in [5, 5.41) is 2.18. The summed E-state index contributed by atoms with van der Waals surface area (Å²) in [7, 11) is 0. The van der Waals surface area contributed by atoms with Crippen LogP contribution in [-0.2, 0) is 17.4 Å². The van der Waals surface area contributed by atoms with Crippen LogP contribution in [0.15, 0.2) is 66.7 Å². The molecule has 150 valence electrons. The number of hydrogen-bond donors (Lipinski definition) is 0. The molecule has 0 radical (unpaired) electrons. The fourth-order valence-electron chi connectivity index (χ4n) is 3.81. The summed E-state index contributed by atoms with van der Waals surface area (Å²) in [6.07, 6.45) is -4.03. The van der Waals surface area contributed by atoms with Gasteiger partial charge in [0.15, 0.2) is 0 Å². The van der Waals surface area contributed by atoms with Crippen LogP contribution in [0, 0.1) is 0 Å². The van der Waals surface area contributed by atoms with Crippen LogP contribution in [0.5, 0.6) is 0 Å². The molecule has 1 amide bonds. The third-order valence-electron chi connectivity index (χ3n) is 5.39. The number of nitrogens with zero attached hydrogens (tertiary/aromatic N) is 2. The molecule has 3 nitrogen and oxygen atoms in total. The Labute approximate surface area is 167 Å². The maximum absolute atomic E-state index is 12.9. The third kappa shape index (κ3) is 4.21. The quantitative estimate of drug-likeness (QED) is 0.636. The van der Waals surface area contributed by atoms with Gasteiger partial charge in [-0.25, -0.2) is 0 Å². The molecular formula is C23H21F3N2O. The first kappa shape index (κ1) is 19.3. The number of alkyl halides is 3. The Hall–Kier alpha value is -3.02. The fourth-order valence-corrected chi connectivity index (χ4v) is 3.81. The standard InChI is InChI=1S/C23H21F3N2O/c24-23(25,26)19-8-4-9-20(16-19)27-11-13-28(14-12-27)22(29)15-18-7-3-6-17-5-1-2-10-21(17)18/h1-10,16H,11-15H2. The lowest BCUT2D eigenvalue weighted by atomic mass is 10.0. The number of fused-ring (bicyclic) bond motifs is 1. The molecule has 0 aromatic heterocycles. The van der Waals surface area contributed by atoms with Gasteiger partial charge < -0.3 is 9.80 Å². The molecular weight excluding hydrogens is 377 g/mol. The van der Waals surface area contributed by atoms with E-state index in [1.807, 2.05) is 47.4 Å². The largest absolute Gasteiger partial charge is 0.416 e. The monoisotopic (exact) mass is 398 g/mol. The van der Waals surface area contributed by atoms with Crippen molar-refractivity contribution in [2.75, 3.05) is 31.1 Å². The molecule has 1 saturated heterocycles. The van der Waals surface area contributed by atoms with Gasteiger partial charge in [0.05, 0.1) is 12.0 Å². The topological polar surface area (TPSA) is 23.6 Å². The van der Waals surface area contributed by atoms with Crippen molar-refractivity contribution in [3.8, 4) is 0 Å². The molecule has 0 saturated carbocycles. The van der Waals surface area contributed by atoms with E-state index in [1.165, 1.54) is 12.1 Å². The van der Waals surface area contributed by atoms with Crippen LogP contribution in [0.3, 0.4) is 0 Å². The van der Waals surface area contributed by atoms with E-state index in [9.17, 15) is 18.0 Å². The van der Waals surface area contributed by atoms with Gasteiger partial charge in [-0.2, -0.15) is 13.2 Å². The Balaban J connectivity index is 1.41. The van der Waals surface area contributed by atoms with Crippen LogP contribution >= 0.6 is 0 Å². The van der Waals surface area contributed by atoms with Gasteiger partial charge in [0, 0.05) is 31.9 Å². The highest BCUT2D eigenvalue weighted by Crippen LogP contribution is 2.32. The first-order chi connectivity index (χ1) is 13.9. The minimum atomic E-state index is -4.35. The van der Waals surface area contributed by atoms with Crippen molar-refractivity contribution in [3.63, 3.8) is 0 Å². The van der Waals surface area contributed by atoms with Crippen molar-refractivity contribution in [2.45, 2.75) is 12.6 Å². The maximum Gasteiger partial charge on any atom is 0.416 e. The van der Waals surface area contributed by atoms with Gasteiger partial charge in [-0.1, -0.05) is 48.5 Å². The zero-order valence-corrected chi connectivity index (χ0v) is 15.8. The molecule has 3 aromatic carbocycles. The van der Waals surface area contributed by atoms with Crippen molar-refractivity contribution in [2.24, 2.45) is 0 Å². The normalized spacial score (nSPS) is 15.0. The SMILES string of the molecule is O=C(Cc1cccc2ccccc12)N1CCN(c2cccc(C(F)(F)F)c2)CC1. The van der Waals surface area contributed by atoms with Gasteiger partial charge in [0.2, 0.25) is 5.91 Å². The van der Waals surface area contributed by atoms with Gasteiger partial charge in [-0.15, -0.1) is 0 Å². The molecule has 6 heteroatoms. The number of rotatable bonds is 3. The number of benzene rings is 3. The van der Waals surface area contributed by atoms with E-state index in [4.69, 9.17) is 0 Å². The summed E-state index contributed by atoms with van der Waals surface area (Å²) in [4.78, 5) is 16.5. The highest BCUT2D eigenvalue weighted by Gasteiger charge is 2.31. The molecule has 29 heavy (non-hydrogen) atoms. The van der Waals surface area contributed by atoms with Crippen LogP contribution < -0.4 is 4.90 Å². The average Bonchev–Trinajstić information content (AvgIpc) is 2.73. The molecule has 0 bridgehead atoms. The van der Waals surface area contributed by atoms with Crippen LogP contribution in [0.4, 0.5) is 18.9 Å². The molecule has 4 rings (SSSR count). The molecule has 1 fully saturated rings. The van der Waals surface area contributed by atoms with E-state index in [0.29, 0.717) is 38.3 Å². The van der Waals surface area contributed by atoms with Crippen LogP contribution in [0.2, 0.25) is 0 Å². The van der Waals surface area contributed by atoms with Crippen LogP contribution in [0.1, 0.15) is 11.1 Å². The predicted molar refractivity (Wildman–Crippen MR) is 108 cm³/mol. The highest BCUT2D eigenvalue weighted by molar-refractivity contribution is 5.90. The summed E-state index contributed by atoms with van der Waals surface area (Å²) in [6.45, 7) is 2.03. The Morgan fingerprint density at radius 1 is 0.862 bits per heavy atom. The van der Waals surface area contributed by atoms with Crippen molar-refractivity contribution in [3.05, 3.63) is 77.9 Å². The Morgan fingerprint density at radius 3 is 2.31 bits per heavy atom. The van der Waals surface area contributed by atoms with E-state index in [0.717, 1.165) is 22.4 Å². The van der Waals surface area contributed by atoms with Gasteiger partial charge >= 0.3 is 6.18 Å². The average molecular weight is 398 g/mol. The maximum atomic E-state index is 12.9. The summed E-state index contributed by atoms with van der Waals surface area (Å²) in [6, 6.07) is 19.3. The number of carbonyl (C=O) groups excluding carboxylic acids is 1. The van der Waals surface area contributed by atoms with Gasteiger partial charge in [0.1, 0.15) is 0 Å². The molecule has 3 aromatic rings. The first-order valence-electron chi connectivity index (χ1n) is 9.58. The number of hydrogen-bond acceptors (Lipinski definition) is 2. The first-order valence-corrected chi connectivity index (χ1v) is 9.58. The smallest absolute Gasteiger partial charge is 0.368 e. The second-order valence-electron chi connectivity index (χ2n) is 7.23. The van der Waals surface area contributed by atoms with Crippen molar-refractivity contribution >= 4 is 22.4 Å². The zero-order chi connectivity index (χ0) is 20.4. The summed E-state index contributed by atoms with van der Waals surface area (Å²) >= 11 is 0. The lowest BCUT2D eigenvalue weighted by Crippen LogP contribution is -2.49. The minimum absolute atomic E-state index is 0.0463. The Kier molecular flexibility index (Phi) is 5.18. The van der Waals surface area contributed by atoms with E-state index in [2.05, 4.69) is 0 Å². The van der Waals surface area contributed by atoms with Gasteiger partial charge in [-0.05, 0) is 34.5 Å². The van der Waals surface area contributed by atoms with E-state index in [1.54, 1.807) is 11.0 Å². The van der Waals surface area contributed by atoms with Crippen LogP contribution in [0.25, 0.3) is 10.8 Å². The molecule has 0 aliphatic carbocycles. The number of piperazine rings is 1. The fraction of sp³-hybridized carbons (Fsp3) is 0.261. The minimum Gasteiger partial charge on any atom is -0.368 e. The second-order valence-corrected chi connectivity index (χ2v) is 7.23. The van der Waals surface area contributed by atoms with Gasteiger partial charge in [-0.3, -0.25) is 4.79 Å². The van der Waals surface area contributed by atoms with Crippen molar-refractivity contribution in [1.29, 1.82) is 0 Å². The highest BCUT2D eigenvalue weighted by atomic mass is 19.4. The molecule has 1 aliphatic heterocycles. The lowest BCUT2D eigenvalue weighted by molar-refractivity contribution is -0.137. The van der Waals surface area contributed by atoms with Crippen molar-refractivity contribution < 1.29 is 18.0 Å². The zero-order valence-electron chi connectivity index (χ0n) is 15.8. The molecule has 0 spiro atoms. The molecule has 0 atom stereocenters. The number of carbonyl (C=O) groups is 1. The van der Waals surface area contributed by atoms with E-state index >= 15 is 0 Å². The molecule has 1 heterocycles. The predicted octanol–water partition coefficient (Wildman–Crippen LogP) is 4.75. The van der Waals surface area contributed by atoms with Crippen molar-refractivity contribution in [1.82, 2.24) is 4.90 Å². The number of amides is 1. The molecule has 0 N–H and O–H groups in total. The summed E-state index contributed by atoms with van der Waals surface area (Å²) in [5.74, 6) is 0.0463. The lowest BCUT2D eigenvalue weighted by Gasteiger charge is -2.36. The summed E-state index contributed by atoms with van der Waals surface area (Å²) < 4.78 is 38.8. The number of anilines is 1.